The zero-order valence-electron chi connectivity index (χ0n) is 38.7. The number of para-hydroxylation sites is 5. The molecule has 0 aliphatic heterocycles. The average Bonchev–Trinajstić information content (AvgIpc) is 4.05. The monoisotopic (exact) mass is 812 g/mol. The molecule has 4 heterocycles. The average molecular weight is 813 g/mol. The van der Waals surface area contributed by atoms with Gasteiger partial charge in [-0.1, -0.05) is 170 Å². The third-order valence-electron chi connectivity index (χ3n) is 12.4. The first-order valence-corrected chi connectivity index (χ1v) is 21.0. The summed E-state index contributed by atoms with van der Waals surface area (Å²) in [4.78, 5) is 15.4. The van der Waals surface area contributed by atoms with E-state index in [2.05, 4.69) is 130 Å². The molecule has 0 saturated carbocycles. The van der Waals surface area contributed by atoms with Gasteiger partial charge >= 0.3 is 0 Å². The Morgan fingerprint density at radius 1 is 0.492 bits per heavy atom. The summed E-state index contributed by atoms with van der Waals surface area (Å²) in [6.45, 7) is 0. The van der Waals surface area contributed by atoms with E-state index in [4.69, 9.17) is 26.2 Å². The Labute approximate surface area is 369 Å². The predicted octanol–water partition coefficient (Wildman–Crippen LogP) is 14.6. The van der Waals surface area contributed by atoms with E-state index in [1.807, 2.05) is 54.6 Å². The van der Waals surface area contributed by atoms with E-state index < -0.39 is 30.2 Å². The van der Waals surface area contributed by atoms with Crippen LogP contribution in [0.15, 0.2) is 211 Å². The highest BCUT2D eigenvalue weighted by Gasteiger charge is 2.25. The highest BCUT2D eigenvalue weighted by Crippen LogP contribution is 2.43. The van der Waals surface area contributed by atoms with E-state index in [-0.39, 0.29) is 23.3 Å². The normalized spacial score (nSPS) is 15.3. The second-order valence-corrected chi connectivity index (χ2v) is 15.9. The quantitative estimate of drug-likeness (QED) is 0.168. The summed E-state index contributed by atoms with van der Waals surface area (Å²) in [6.07, 6.45) is 6.70. The number of allylic oxidation sites excluding steroid dienone is 4. The minimum absolute atomic E-state index is 0.0395. The second-order valence-electron chi connectivity index (χ2n) is 15.9. The molecule has 8 aromatic carbocycles. The van der Waals surface area contributed by atoms with Crippen LogP contribution in [-0.4, -0.2) is 24.1 Å². The Bertz CT molecular complexity index is 4010. The summed E-state index contributed by atoms with van der Waals surface area (Å²) in [5, 5.41) is 6.27. The summed E-state index contributed by atoms with van der Waals surface area (Å²) in [5.74, 6) is 0.513. The van der Waals surface area contributed by atoms with Crippen LogP contribution in [-0.2, 0) is 0 Å². The Kier molecular flexibility index (Phi) is 6.86. The molecule has 0 spiro atoms. The molecular weight excluding hydrogens is 771 g/mol. The van der Waals surface area contributed by atoms with E-state index in [9.17, 15) is 0 Å². The molecule has 63 heavy (non-hydrogen) atoms. The van der Waals surface area contributed by atoms with Gasteiger partial charge in [-0.3, -0.25) is 0 Å². The molecule has 0 amide bonds. The fourth-order valence-electron chi connectivity index (χ4n) is 9.65. The molecule has 6 nitrogen and oxygen atoms in total. The topological polar surface area (TPSA) is 61.7 Å². The molecule has 0 saturated heterocycles. The maximum Gasteiger partial charge on any atom is 0.167 e. The first-order valence-electron chi connectivity index (χ1n) is 23.5. The van der Waals surface area contributed by atoms with Gasteiger partial charge in [0.05, 0.1) is 29.5 Å². The number of nitrogens with zero attached hydrogens (tertiary/aromatic N) is 5. The first kappa shape index (κ1) is 30.6. The number of furan rings is 1. The van der Waals surface area contributed by atoms with E-state index in [1.165, 1.54) is 0 Å². The molecule has 0 bridgehead atoms. The fraction of sp³-hybridized carbons (Fsp3) is 0.0351. The van der Waals surface area contributed by atoms with E-state index in [0.717, 1.165) is 76.8 Å². The summed E-state index contributed by atoms with van der Waals surface area (Å²) in [6, 6.07) is 51.6. The summed E-state index contributed by atoms with van der Waals surface area (Å²) in [5.41, 5.74) is 9.48. The largest absolute Gasteiger partial charge is 0.455 e. The van der Waals surface area contributed by atoms with Gasteiger partial charge in [0.2, 0.25) is 0 Å². The van der Waals surface area contributed by atoms with Gasteiger partial charge in [0.15, 0.2) is 17.5 Å². The molecule has 6 heteroatoms. The van der Waals surface area contributed by atoms with Crippen molar-refractivity contribution in [3.8, 4) is 39.6 Å². The molecule has 1 atom stereocenters. The SMILES string of the molecule is [2H]c1c([2H])c([2H])c(-c2nc(C3=CC=CC(n4c5ccccc5c5ccccc54)C3)nc(-c3cc(-n4c5ccccc5c5ccccc54)cc4c3oc3c(-c5ccccc5)cccc34)n2)c([2H])c1[2H]. The lowest BCUT2D eigenvalue weighted by atomic mass is 9.99. The van der Waals surface area contributed by atoms with Crippen LogP contribution >= 0.6 is 0 Å². The lowest BCUT2D eigenvalue weighted by Gasteiger charge is -2.22. The summed E-state index contributed by atoms with van der Waals surface area (Å²) in [7, 11) is 0. The second kappa shape index (κ2) is 14.1. The van der Waals surface area contributed by atoms with Crippen molar-refractivity contribution >= 4 is 71.1 Å². The van der Waals surface area contributed by atoms with E-state index in [0.29, 0.717) is 29.0 Å². The number of hydrogen-bond donors (Lipinski definition) is 0. The number of benzene rings is 8. The van der Waals surface area contributed by atoms with Gasteiger partial charge < -0.3 is 13.6 Å². The molecule has 0 radical (unpaired) electrons. The Morgan fingerprint density at radius 3 is 1.76 bits per heavy atom. The molecular formula is C57H37N5O. The van der Waals surface area contributed by atoms with Gasteiger partial charge in [-0.15, -0.1) is 0 Å². The van der Waals surface area contributed by atoms with Crippen molar-refractivity contribution in [2.75, 3.05) is 0 Å². The molecule has 0 fully saturated rings. The zero-order chi connectivity index (χ0) is 45.8. The van der Waals surface area contributed by atoms with E-state index >= 15 is 0 Å². The predicted molar refractivity (Wildman–Crippen MR) is 258 cm³/mol. The Hall–Kier alpha value is -8.35. The molecule has 0 N–H and O–H groups in total. The van der Waals surface area contributed by atoms with Crippen LogP contribution in [0, 0.1) is 0 Å². The smallest absolute Gasteiger partial charge is 0.167 e. The zero-order valence-corrected chi connectivity index (χ0v) is 33.7. The Morgan fingerprint density at radius 2 is 1.06 bits per heavy atom. The Balaban J connectivity index is 1.09. The standard InChI is InChI=1S/C57H37N5O/c1-3-17-36(18-4-1)41-27-16-28-46-47-34-40(62-51-31-13-9-25-44(51)45-26-10-14-32-52(45)62)35-48(54(47)63-53(41)46)57-59-55(37-19-5-2-6-20-37)58-56(60-57)38-21-15-22-39(33-38)61-49-29-11-7-23-42(49)43-24-8-12-30-50(43)61/h1-32,34-35,39H,33H2/i2D,5D,6D,19D,20D. The lowest BCUT2D eigenvalue weighted by Crippen LogP contribution is -2.11. The molecule has 1 aliphatic carbocycles. The summed E-state index contributed by atoms with van der Waals surface area (Å²) < 4.78 is 55.6. The lowest BCUT2D eigenvalue weighted by molar-refractivity contribution is 0.653. The van der Waals surface area contributed by atoms with Crippen molar-refractivity contribution in [2.24, 2.45) is 0 Å². The highest BCUT2D eigenvalue weighted by atomic mass is 16.3. The van der Waals surface area contributed by atoms with Crippen LogP contribution in [0.4, 0.5) is 0 Å². The first-order chi connectivity index (χ1) is 33.3. The maximum absolute atomic E-state index is 9.11. The highest BCUT2D eigenvalue weighted by molar-refractivity contribution is 6.15. The van der Waals surface area contributed by atoms with Gasteiger partial charge in [-0.25, -0.2) is 15.0 Å². The third kappa shape index (κ3) is 5.62. The van der Waals surface area contributed by atoms with Gasteiger partial charge in [0.1, 0.15) is 11.2 Å². The van der Waals surface area contributed by atoms with Gasteiger partial charge in [0, 0.05) is 66.6 Å². The van der Waals surface area contributed by atoms with Crippen molar-refractivity contribution in [1.29, 1.82) is 0 Å². The molecule has 296 valence electrons. The fourth-order valence-corrected chi connectivity index (χ4v) is 9.65. The van der Waals surface area contributed by atoms with E-state index in [1.54, 1.807) is 0 Å². The molecule has 13 rings (SSSR count). The molecule has 4 aromatic heterocycles. The van der Waals surface area contributed by atoms with Crippen LogP contribution in [0.1, 0.15) is 25.1 Å². The molecule has 1 unspecified atom stereocenters. The minimum atomic E-state index is -0.496. The van der Waals surface area contributed by atoms with Gasteiger partial charge in [0.25, 0.3) is 0 Å². The van der Waals surface area contributed by atoms with Gasteiger partial charge in [-0.2, -0.15) is 0 Å². The van der Waals surface area contributed by atoms with Crippen LogP contribution in [0.3, 0.4) is 0 Å². The van der Waals surface area contributed by atoms with Crippen molar-refractivity contribution in [1.82, 2.24) is 24.1 Å². The van der Waals surface area contributed by atoms with Crippen molar-refractivity contribution in [3.05, 3.63) is 212 Å². The third-order valence-corrected chi connectivity index (χ3v) is 12.4. The van der Waals surface area contributed by atoms with Crippen LogP contribution in [0.2, 0.25) is 0 Å². The van der Waals surface area contributed by atoms with Gasteiger partial charge in [-0.05, 0) is 47.5 Å². The number of fused-ring (bicyclic) bond motifs is 9. The van der Waals surface area contributed by atoms with Crippen molar-refractivity contribution < 1.29 is 11.3 Å². The van der Waals surface area contributed by atoms with Crippen molar-refractivity contribution in [3.63, 3.8) is 0 Å². The maximum atomic E-state index is 9.11. The van der Waals surface area contributed by atoms with Crippen LogP contribution in [0.5, 0.6) is 0 Å². The minimum Gasteiger partial charge on any atom is -0.455 e. The molecule has 1 aliphatic rings. The van der Waals surface area contributed by atoms with Crippen LogP contribution in [0.25, 0.3) is 111 Å². The van der Waals surface area contributed by atoms with Crippen LogP contribution < -0.4 is 0 Å². The number of hydrogen-bond acceptors (Lipinski definition) is 4. The number of rotatable bonds is 6. The summed E-state index contributed by atoms with van der Waals surface area (Å²) >= 11 is 0. The van der Waals surface area contributed by atoms with Crippen molar-refractivity contribution in [2.45, 2.75) is 12.5 Å². The number of aromatic nitrogens is 5. The molecule has 12 aromatic rings.